The molecule has 1 saturated heterocycles. The van der Waals surface area contributed by atoms with E-state index in [9.17, 15) is 8.78 Å². The van der Waals surface area contributed by atoms with Crippen molar-refractivity contribution in [1.29, 1.82) is 0 Å². The summed E-state index contributed by atoms with van der Waals surface area (Å²) in [5, 5.41) is 6.63. The Balaban J connectivity index is 1.93. The Morgan fingerprint density at radius 2 is 2.00 bits per heavy atom. The Morgan fingerprint density at radius 1 is 1.28 bits per heavy atom. The Kier molecular flexibility index (Phi) is 3.97. The van der Waals surface area contributed by atoms with Gasteiger partial charge in [0.25, 0.3) is 0 Å². The van der Waals surface area contributed by atoms with Gasteiger partial charge in [0.15, 0.2) is 11.6 Å². The van der Waals surface area contributed by atoms with Crippen LogP contribution in [0.2, 0.25) is 0 Å². The lowest BCUT2D eigenvalue weighted by molar-refractivity contribution is 0.319. The number of hydrogen-bond acceptors (Lipinski definition) is 2. The molecule has 0 atom stereocenters. The topological polar surface area (TPSA) is 24.1 Å². The third-order valence-corrected chi connectivity index (χ3v) is 3.57. The van der Waals surface area contributed by atoms with E-state index < -0.39 is 11.6 Å². The Hall–Kier alpha value is -1.00. The highest BCUT2D eigenvalue weighted by Crippen LogP contribution is 2.24. The van der Waals surface area contributed by atoms with Gasteiger partial charge in [-0.25, -0.2) is 8.78 Å². The second kappa shape index (κ2) is 5.33. The van der Waals surface area contributed by atoms with E-state index in [1.54, 1.807) is 6.07 Å². The molecule has 1 heterocycles. The molecule has 0 bridgehead atoms. The first-order chi connectivity index (χ1) is 8.49. The van der Waals surface area contributed by atoms with Gasteiger partial charge in [-0.3, -0.25) is 0 Å². The predicted molar refractivity (Wildman–Crippen MR) is 68.6 cm³/mol. The molecule has 1 fully saturated rings. The minimum absolute atomic E-state index is 0.203. The van der Waals surface area contributed by atoms with E-state index in [1.165, 1.54) is 12.1 Å². The van der Waals surface area contributed by atoms with Crippen LogP contribution < -0.4 is 10.6 Å². The molecule has 0 amide bonds. The second-order valence-electron chi connectivity index (χ2n) is 5.67. The van der Waals surface area contributed by atoms with Crippen molar-refractivity contribution in [2.45, 2.75) is 19.3 Å². The molecular formula is C14H20F2N2. The molecular weight excluding hydrogens is 234 g/mol. The van der Waals surface area contributed by atoms with E-state index in [2.05, 4.69) is 10.6 Å². The molecule has 0 spiro atoms. The minimum atomic E-state index is -0.789. The Morgan fingerprint density at radius 3 is 2.56 bits per heavy atom. The summed E-state index contributed by atoms with van der Waals surface area (Å²) in [6.45, 7) is 7.93. The van der Waals surface area contributed by atoms with E-state index in [1.807, 2.05) is 13.8 Å². The van der Waals surface area contributed by atoms with Crippen LogP contribution in [0.25, 0.3) is 0 Å². The molecule has 2 N–H and O–H groups in total. The van der Waals surface area contributed by atoms with Gasteiger partial charge >= 0.3 is 0 Å². The van der Waals surface area contributed by atoms with Crippen LogP contribution in [0.5, 0.6) is 0 Å². The fourth-order valence-electron chi connectivity index (χ4n) is 2.10. The van der Waals surface area contributed by atoms with Crippen LogP contribution in [0.3, 0.4) is 0 Å². The van der Waals surface area contributed by atoms with E-state index in [-0.39, 0.29) is 5.41 Å². The highest BCUT2D eigenvalue weighted by Gasteiger charge is 2.23. The standard InChI is InChI=1S/C14H20F2N2/c1-14(2,9-18-8-10-6-17-7-10)11-3-4-12(15)13(16)5-11/h3-5,10,17-18H,6-9H2,1-2H3. The number of hydrogen-bond donors (Lipinski definition) is 2. The van der Waals surface area contributed by atoms with Gasteiger partial charge in [0.1, 0.15) is 0 Å². The molecule has 2 nitrogen and oxygen atoms in total. The lowest BCUT2D eigenvalue weighted by Crippen LogP contribution is -2.48. The summed E-state index contributed by atoms with van der Waals surface area (Å²) in [6.07, 6.45) is 0. The Labute approximate surface area is 107 Å². The van der Waals surface area contributed by atoms with Gasteiger partial charge in [0, 0.05) is 31.6 Å². The third kappa shape index (κ3) is 3.06. The first kappa shape index (κ1) is 13.4. The molecule has 0 saturated carbocycles. The van der Waals surface area contributed by atoms with Crippen LogP contribution in [-0.2, 0) is 5.41 Å². The van der Waals surface area contributed by atoms with Crippen LogP contribution in [0.4, 0.5) is 8.78 Å². The predicted octanol–water partition coefficient (Wildman–Crippen LogP) is 2.05. The van der Waals surface area contributed by atoms with Gasteiger partial charge < -0.3 is 10.6 Å². The van der Waals surface area contributed by atoms with Crippen molar-refractivity contribution < 1.29 is 8.78 Å². The fraction of sp³-hybridized carbons (Fsp3) is 0.571. The summed E-state index contributed by atoms with van der Waals surface area (Å²) in [5.74, 6) is -0.863. The van der Waals surface area contributed by atoms with Crippen molar-refractivity contribution >= 4 is 0 Å². The zero-order valence-electron chi connectivity index (χ0n) is 10.9. The van der Waals surface area contributed by atoms with E-state index in [0.29, 0.717) is 5.92 Å². The van der Waals surface area contributed by atoms with Crippen molar-refractivity contribution in [2.24, 2.45) is 5.92 Å². The van der Waals surface area contributed by atoms with E-state index >= 15 is 0 Å². The number of benzene rings is 1. The maximum absolute atomic E-state index is 13.2. The lowest BCUT2D eigenvalue weighted by Gasteiger charge is -2.30. The highest BCUT2D eigenvalue weighted by atomic mass is 19.2. The number of halogens is 2. The molecule has 0 unspecified atom stereocenters. The maximum Gasteiger partial charge on any atom is 0.159 e. The van der Waals surface area contributed by atoms with E-state index in [0.717, 1.165) is 31.7 Å². The van der Waals surface area contributed by atoms with Gasteiger partial charge in [0.05, 0.1) is 0 Å². The van der Waals surface area contributed by atoms with E-state index in [4.69, 9.17) is 0 Å². The number of nitrogens with one attached hydrogen (secondary N) is 2. The molecule has 0 aliphatic carbocycles. The van der Waals surface area contributed by atoms with Gasteiger partial charge in [-0.15, -0.1) is 0 Å². The van der Waals surface area contributed by atoms with Crippen LogP contribution in [0.15, 0.2) is 18.2 Å². The summed E-state index contributed by atoms with van der Waals surface area (Å²) in [4.78, 5) is 0. The van der Waals surface area contributed by atoms with Crippen LogP contribution >= 0.6 is 0 Å². The molecule has 2 rings (SSSR count). The van der Waals surface area contributed by atoms with Crippen molar-refractivity contribution in [3.63, 3.8) is 0 Å². The normalized spacial score (nSPS) is 16.7. The lowest BCUT2D eigenvalue weighted by atomic mass is 9.84. The summed E-state index contributed by atoms with van der Waals surface area (Å²) in [5.41, 5.74) is 0.617. The second-order valence-corrected chi connectivity index (χ2v) is 5.67. The molecule has 1 aliphatic rings. The molecule has 100 valence electrons. The molecule has 1 aliphatic heterocycles. The van der Waals surface area contributed by atoms with Crippen molar-refractivity contribution in [3.05, 3.63) is 35.4 Å². The summed E-state index contributed by atoms with van der Waals surface area (Å²) < 4.78 is 26.1. The molecule has 1 aromatic rings. The first-order valence-corrected chi connectivity index (χ1v) is 6.36. The first-order valence-electron chi connectivity index (χ1n) is 6.36. The summed E-state index contributed by atoms with van der Waals surface area (Å²) in [7, 11) is 0. The summed E-state index contributed by atoms with van der Waals surface area (Å²) in [6, 6.07) is 4.15. The monoisotopic (exact) mass is 254 g/mol. The minimum Gasteiger partial charge on any atom is -0.316 e. The molecule has 4 heteroatoms. The van der Waals surface area contributed by atoms with Gasteiger partial charge in [0.2, 0.25) is 0 Å². The Bertz CT molecular complexity index is 414. The van der Waals surface area contributed by atoms with Crippen molar-refractivity contribution in [3.8, 4) is 0 Å². The summed E-state index contributed by atoms with van der Waals surface area (Å²) >= 11 is 0. The van der Waals surface area contributed by atoms with Crippen LogP contribution in [0.1, 0.15) is 19.4 Å². The van der Waals surface area contributed by atoms with Crippen molar-refractivity contribution in [2.75, 3.05) is 26.2 Å². The third-order valence-electron chi connectivity index (χ3n) is 3.57. The largest absolute Gasteiger partial charge is 0.316 e. The average Bonchev–Trinajstić information content (AvgIpc) is 2.25. The quantitative estimate of drug-likeness (QED) is 0.840. The number of rotatable bonds is 5. The highest BCUT2D eigenvalue weighted by molar-refractivity contribution is 5.25. The molecule has 0 aromatic heterocycles. The van der Waals surface area contributed by atoms with Gasteiger partial charge in [-0.1, -0.05) is 19.9 Å². The van der Waals surface area contributed by atoms with Gasteiger partial charge in [-0.2, -0.15) is 0 Å². The van der Waals surface area contributed by atoms with Gasteiger partial charge in [-0.05, 0) is 23.6 Å². The van der Waals surface area contributed by atoms with Crippen molar-refractivity contribution in [1.82, 2.24) is 10.6 Å². The molecule has 0 radical (unpaired) electrons. The van der Waals surface area contributed by atoms with Crippen LogP contribution in [0, 0.1) is 17.6 Å². The smallest absolute Gasteiger partial charge is 0.159 e. The maximum atomic E-state index is 13.2. The zero-order chi connectivity index (χ0) is 13.2. The van der Waals surface area contributed by atoms with Crippen LogP contribution in [-0.4, -0.2) is 26.2 Å². The molecule has 18 heavy (non-hydrogen) atoms. The SMILES string of the molecule is CC(C)(CNCC1CNC1)c1ccc(F)c(F)c1. The fourth-order valence-corrected chi connectivity index (χ4v) is 2.10. The molecule has 1 aromatic carbocycles. The zero-order valence-corrected chi connectivity index (χ0v) is 10.9. The average molecular weight is 254 g/mol.